The average molecular weight is 442 g/mol. The van der Waals surface area contributed by atoms with Crippen LogP contribution in [0.25, 0.3) is 5.57 Å². The zero-order valence-electron chi connectivity index (χ0n) is 18.4. The quantitative estimate of drug-likeness (QED) is 0.470. The third-order valence-electron chi connectivity index (χ3n) is 5.47. The van der Waals surface area contributed by atoms with Crippen LogP contribution in [0.2, 0.25) is 0 Å². The van der Waals surface area contributed by atoms with E-state index in [0.29, 0.717) is 16.8 Å². The molecule has 0 aliphatic rings. The van der Waals surface area contributed by atoms with E-state index in [0.717, 1.165) is 0 Å². The predicted octanol–water partition coefficient (Wildman–Crippen LogP) is 5.49. The molecule has 0 aliphatic carbocycles. The number of nitrogens with one attached hydrogen (secondary N) is 1. The van der Waals surface area contributed by atoms with E-state index in [1.807, 2.05) is 24.0 Å². The number of para-hydroxylation sites is 1. The Labute approximate surface area is 192 Å². The van der Waals surface area contributed by atoms with Crippen molar-refractivity contribution in [2.75, 3.05) is 5.32 Å². The van der Waals surface area contributed by atoms with Gasteiger partial charge in [-0.3, -0.25) is 4.79 Å². The summed E-state index contributed by atoms with van der Waals surface area (Å²) in [6, 6.07) is 23.3. The fourth-order valence-corrected chi connectivity index (χ4v) is 3.87. The van der Waals surface area contributed by atoms with Gasteiger partial charge >= 0.3 is 0 Å². The molecular weight excluding hydrogens is 417 g/mol. The van der Waals surface area contributed by atoms with Crippen molar-refractivity contribution in [1.82, 2.24) is 0 Å². The Kier molecular flexibility index (Phi) is 7.88. The molecule has 0 heterocycles. The zero-order chi connectivity index (χ0) is 23.8. The molecule has 3 rings (SSSR count). The first-order valence-corrected chi connectivity index (χ1v) is 10.6. The first-order chi connectivity index (χ1) is 16.0. The Balaban J connectivity index is 2.21. The molecule has 0 aromatic heterocycles. The van der Waals surface area contributed by atoms with Crippen molar-refractivity contribution in [2.24, 2.45) is 11.8 Å². The molecule has 3 aromatic carbocycles. The molecule has 0 saturated heterocycles. The maximum Gasteiger partial charge on any atom is 0.233 e. The summed E-state index contributed by atoms with van der Waals surface area (Å²) in [5, 5.41) is 2.86. The first-order valence-electron chi connectivity index (χ1n) is 10.6. The number of anilines is 1. The van der Waals surface area contributed by atoms with Gasteiger partial charge in [-0.05, 0) is 41.3 Å². The van der Waals surface area contributed by atoms with E-state index in [9.17, 15) is 18.8 Å². The zero-order valence-corrected chi connectivity index (χ0v) is 18.4. The van der Waals surface area contributed by atoms with Crippen molar-refractivity contribution < 1.29 is 18.8 Å². The minimum absolute atomic E-state index is 0.155. The maximum absolute atomic E-state index is 13.6. The van der Waals surface area contributed by atoms with E-state index >= 15 is 0 Å². The van der Waals surface area contributed by atoms with Crippen LogP contribution in [0.1, 0.15) is 30.9 Å². The Hall–Kier alpha value is -4.04. The molecule has 0 saturated carbocycles. The number of hydrogen-bond acceptors (Lipinski definition) is 3. The van der Waals surface area contributed by atoms with Crippen LogP contribution in [-0.4, -0.2) is 17.8 Å². The average Bonchev–Trinajstić information content (AvgIpc) is 2.83. The summed E-state index contributed by atoms with van der Waals surface area (Å²) in [4.78, 5) is 38.0. The second-order valence-corrected chi connectivity index (χ2v) is 7.96. The van der Waals surface area contributed by atoms with Crippen molar-refractivity contribution in [2.45, 2.75) is 19.8 Å². The first kappa shape index (κ1) is 23.6. The van der Waals surface area contributed by atoms with E-state index in [-0.39, 0.29) is 17.1 Å². The maximum atomic E-state index is 13.6. The van der Waals surface area contributed by atoms with Crippen LogP contribution in [0.15, 0.2) is 90.5 Å². The summed E-state index contributed by atoms with van der Waals surface area (Å²) in [6.45, 7) is 3.60. The summed E-state index contributed by atoms with van der Waals surface area (Å²) in [5.41, 5.74) is 2.02. The molecule has 33 heavy (non-hydrogen) atoms. The molecule has 5 heteroatoms. The number of halogens is 1. The standard InChI is InChI=1S/C28H24FNO3/c1-19(2)24(17-31)27(28(33)30-23-11-7-4-8-12-23)26(21-9-5-3-6-10-21)25(18-32)20-13-15-22(29)16-14-20/h3-16,19,26-27H,1-2H3,(H,30,33). The fourth-order valence-electron chi connectivity index (χ4n) is 3.87. The summed E-state index contributed by atoms with van der Waals surface area (Å²) < 4.78 is 13.6. The minimum atomic E-state index is -1.04. The van der Waals surface area contributed by atoms with Gasteiger partial charge in [0.1, 0.15) is 17.7 Å². The highest BCUT2D eigenvalue weighted by molar-refractivity contribution is 6.01. The van der Waals surface area contributed by atoms with Gasteiger partial charge in [0.05, 0.1) is 11.5 Å². The number of benzene rings is 3. The topological polar surface area (TPSA) is 63.2 Å². The Morgan fingerprint density at radius 3 is 1.91 bits per heavy atom. The Morgan fingerprint density at radius 1 is 0.818 bits per heavy atom. The highest BCUT2D eigenvalue weighted by Crippen LogP contribution is 2.41. The SMILES string of the molecule is CC(C)C(=C=O)C(C(=O)Nc1ccccc1)C(C(=C=O)c1ccc(F)cc1)c1ccccc1. The lowest BCUT2D eigenvalue weighted by Crippen LogP contribution is -2.32. The highest BCUT2D eigenvalue weighted by atomic mass is 19.1. The number of rotatable bonds is 8. The number of amides is 1. The van der Waals surface area contributed by atoms with E-state index in [1.54, 1.807) is 62.4 Å². The fraction of sp³-hybridized carbons (Fsp3) is 0.179. The van der Waals surface area contributed by atoms with Crippen LogP contribution in [0, 0.1) is 17.7 Å². The summed E-state index contributed by atoms with van der Waals surface area (Å²) >= 11 is 0. The van der Waals surface area contributed by atoms with Crippen molar-refractivity contribution in [3.63, 3.8) is 0 Å². The highest BCUT2D eigenvalue weighted by Gasteiger charge is 2.38. The van der Waals surface area contributed by atoms with Gasteiger partial charge in [-0.2, -0.15) is 0 Å². The molecule has 1 amide bonds. The lowest BCUT2D eigenvalue weighted by atomic mass is 9.72. The van der Waals surface area contributed by atoms with Crippen LogP contribution < -0.4 is 5.32 Å². The van der Waals surface area contributed by atoms with Crippen LogP contribution in [0.5, 0.6) is 0 Å². The summed E-state index contributed by atoms with van der Waals surface area (Å²) in [5.74, 6) is 0.862. The van der Waals surface area contributed by atoms with Gasteiger partial charge in [-0.25, -0.2) is 14.0 Å². The van der Waals surface area contributed by atoms with Gasteiger partial charge in [0.15, 0.2) is 0 Å². The molecule has 0 bridgehead atoms. The van der Waals surface area contributed by atoms with E-state index < -0.39 is 23.6 Å². The molecule has 1 N–H and O–H groups in total. The molecule has 0 fully saturated rings. The molecule has 166 valence electrons. The van der Waals surface area contributed by atoms with Gasteiger partial charge in [-0.15, -0.1) is 0 Å². The molecule has 2 atom stereocenters. The van der Waals surface area contributed by atoms with Crippen molar-refractivity contribution in [3.8, 4) is 0 Å². The van der Waals surface area contributed by atoms with Crippen LogP contribution in [0.4, 0.5) is 10.1 Å². The van der Waals surface area contributed by atoms with E-state index in [1.165, 1.54) is 24.3 Å². The van der Waals surface area contributed by atoms with Gasteiger partial charge in [0, 0.05) is 17.2 Å². The van der Waals surface area contributed by atoms with Gasteiger partial charge in [0.2, 0.25) is 5.91 Å². The molecule has 3 aromatic rings. The van der Waals surface area contributed by atoms with E-state index in [2.05, 4.69) is 5.32 Å². The normalized spacial score (nSPS) is 12.2. The molecule has 0 spiro atoms. The van der Waals surface area contributed by atoms with Gasteiger partial charge < -0.3 is 5.32 Å². The number of allylic oxidation sites excluding steroid dienone is 1. The lowest BCUT2D eigenvalue weighted by molar-refractivity contribution is -0.119. The smallest absolute Gasteiger partial charge is 0.233 e. The van der Waals surface area contributed by atoms with Crippen molar-refractivity contribution >= 4 is 29.1 Å². The monoisotopic (exact) mass is 441 g/mol. The van der Waals surface area contributed by atoms with Crippen molar-refractivity contribution in [1.29, 1.82) is 0 Å². The predicted molar refractivity (Wildman–Crippen MR) is 127 cm³/mol. The third kappa shape index (κ3) is 5.61. The minimum Gasteiger partial charge on any atom is -0.326 e. The summed E-state index contributed by atoms with van der Waals surface area (Å²) in [6.07, 6.45) is 0. The van der Waals surface area contributed by atoms with Crippen LogP contribution in [-0.2, 0) is 14.4 Å². The number of carbonyl (C=O) groups is 1. The van der Waals surface area contributed by atoms with Gasteiger partial charge in [0.25, 0.3) is 0 Å². The van der Waals surface area contributed by atoms with Gasteiger partial charge in [-0.1, -0.05) is 74.5 Å². The molecular formula is C28H24FNO3. The van der Waals surface area contributed by atoms with Crippen LogP contribution in [0.3, 0.4) is 0 Å². The number of carbonyl (C=O) groups excluding carboxylic acids is 3. The number of hydrogen-bond donors (Lipinski definition) is 1. The van der Waals surface area contributed by atoms with E-state index in [4.69, 9.17) is 0 Å². The second kappa shape index (κ2) is 11.0. The molecule has 2 unspecified atom stereocenters. The third-order valence-corrected chi connectivity index (χ3v) is 5.47. The largest absolute Gasteiger partial charge is 0.326 e. The molecule has 0 aliphatic heterocycles. The molecule has 4 nitrogen and oxygen atoms in total. The summed E-state index contributed by atoms with van der Waals surface area (Å²) in [7, 11) is 0. The molecule has 0 radical (unpaired) electrons. The Bertz CT molecular complexity index is 1190. The second-order valence-electron chi connectivity index (χ2n) is 7.96. The Morgan fingerprint density at radius 2 is 1.39 bits per heavy atom. The van der Waals surface area contributed by atoms with Crippen molar-refractivity contribution in [3.05, 3.63) is 107 Å². The lowest BCUT2D eigenvalue weighted by Gasteiger charge is -2.29. The van der Waals surface area contributed by atoms with Crippen LogP contribution >= 0.6 is 0 Å².